The molecule has 204 valence electrons. The third kappa shape index (κ3) is 6.56. The largest absolute Gasteiger partial charge is 0.395 e. The summed E-state index contributed by atoms with van der Waals surface area (Å²) < 4.78 is 13.1. The fourth-order valence-corrected chi connectivity index (χ4v) is 4.70. The molecule has 40 heavy (non-hydrogen) atoms. The smallest absolute Gasteiger partial charge is 0.293 e. The molecule has 1 saturated heterocycles. The van der Waals surface area contributed by atoms with E-state index in [9.17, 15) is 28.6 Å². The molecule has 1 heterocycles. The summed E-state index contributed by atoms with van der Waals surface area (Å²) >= 11 is 0.840. The minimum absolute atomic E-state index is 0.0232. The first kappa shape index (κ1) is 28.1. The molecule has 1 aliphatic rings. The van der Waals surface area contributed by atoms with Crippen LogP contribution in [0.5, 0.6) is 0 Å². The Morgan fingerprint density at radius 2 is 1.70 bits per heavy atom. The van der Waals surface area contributed by atoms with Gasteiger partial charge < -0.3 is 16.4 Å². The standard InChI is InChI=1S/C27H23FN6O5S/c28-18-7-3-16(4-8-18)15-22-26(36)34(27(37)40-22)14-2-1-13-30-25(35)17-5-9-19(10-6-17)31-20-11-12-21(32-38)24(33-39)23(20)29/h3-12,15,31H,1-2,13-14,29H2,(H,30,35)/b22-15-. The summed E-state index contributed by atoms with van der Waals surface area (Å²) in [5.41, 5.74) is 7.42. The zero-order valence-corrected chi connectivity index (χ0v) is 21.7. The number of imide groups is 1. The van der Waals surface area contributed by atoms with Gasteiger partial charge in [-0.05, 0) is 95.1 Å². The monoisotopic (exact) mass is 562 g/mol. The van der Waals surface area contributed by atoms with Crippen LogP contribution in [-0.2, 0) is 4.79 Å². The number of hydrogen-bond donors (Lipinski definition) is 3. The van der Waals surface area contributed by atoms with E-state index in [1.807, 2.05) is 0 Å². The van der Waals surface area contributed by atoms with E-state index in [1.165, 1.54) is 36.4 Å². The van der Waals surface area contributed by atoms with Crippen molar-refractivity contribution < 1.29 is 18.8 Å². The Morgan fingerprint density at radius 1 is 0.975 bits per heavy atom. The number of anilines is 3. The Morgan fingerprint density at radius 3 is 2.38 bits per heavy atom. The number of halogens is 1. The Balaban J connectivity index is 1.23. The van der Waals surface area contributed by atoms with Crippen molar-refractivity contribution in [3.8, 4) is 0 Å². The number of carbonyl (C=O) groups excluding carboxylic acids is 3. The number of rotatable bonds is 11. The lowest BCUT2D eigenvalue weighted by atomic mass is 10.1. The number of amides is 3. The van der Waals surface area contributed by atoms with Crippen molar-refractivity contribution in [1.29, 1.82) is 0 Å². The lowest BCUT2D eigenvalue weighted by Gasteiger charge is -2.13. The highest BCUT2D eigenvalue weighted by atomic mass is 32.2. The van der Waals surface area contributed by atoms with Gasteiger partial charge in [0.2, 0.25) is 0 Å². The van der Waals surface area contributed by atoms with Crippen molar-refractivity contribution in [1.82, 2.24) is 10.2 Å². The van der Waals surface area contributed by atoms with E-state index in [-0.39, 0.29) is 45.5 Å². The van der Waals surface area contributed by atoms with E-state index in [1.54, 1.807) is 30.3 Å². The first-order chi connectivity index (χ1) is 19.3. The lowest BCUT2D eigenvalue weighted by Crippen LogP contribution is -2.30. The van der Waals surface area contributed by atoms with Crippen LogP contribution in [0.4, 0.5) is 37.6 Å². The maximum Gasteiger partial charge on any atom is 0.293 e. The number of benzene rings is 3. The first-order valence-corrected chi connectivity index (χ1v) is 12.9. The second kappa shape index (κ2) is 12.8. The number of nitrogens with zero attached hydrogens (tertiary/aromatic N) is 3. The molecule has 0 aliphatic carbocycles. The van der Waals surface area contributed by atoms with Gasteiger partial charge in [0, 0.05) is 24.3 Å². The summed E-state index contributed by atoms with van der Waals surface area (Å²) in [6.07, 6.45) is 2.60. The van der Waals surface area contributed by atoms with Gasteiger partial charge in [0.05, 0.1) is 16.3 Å². The second-order valence-corrected chi connectivity index (χ2v) is 9.62. The average Bonchev–Trinajstić information content (AvgIpc) is 3.22. The van der Waals surface area contributed by atoms with Gasteiger partial charge in [-0.1, -0.05) is 12.1 Å². The molecule has 0 aromatic heterocycles. The Bertz CT molecular complexity index is 1490. The zero-order chi connectivity index (χ0) is 28.6. The summed E-state index contributed by atoms with van der Waals surface area (Å²) in [7, 11) is 0. The molecule has 3 amide bonds. The molecule has 1 aliphatic heterocycles. The van der Waals surface area contributed by atoms with Crippen molar-refractivity contribution in [2.45, 2.75) is 12.8 Å². The predicted octanol–water partition coefficient (Wildman–Crippen LogP) is 6.19. The Labute approximate surface area is 231 Å². The zero-order valence-electron chi connectivity index (χ0n) is 20.9. The molecule has 13 heteroatoms. The average molecular weight is 563 g/mol. The van der Waals surface area contributed by atoms with Crippen LogP contribution in [-0.4, -0.2) is 35.0 Å². The normalized spacial score (nSPS) is 13.9. The molecule has 0 spiro atoms. The van der Waals surface area contributed by atoms with Crippen molar-refractivity contribution in [2.24, 2.45) is 10.4 Å². The maximum atomic E-state index is 13.1. The van der Waals surface area contributed by atoms with Gasteiger partial charge in [-0.15, -0.1) is 9.81 Å². The van der Waals surface area contributed by atoms with Crippen LogP contribution in [0.1, 0.15) is 28.8 Å². The number of nitrogens with two attached hydrogens (primary N) is 1. The van der Waals surface area contributed by atoms with E-state index < -0.39 is 5.91 Å². The fraction of sp³-hybridized carbons (Fsp3) is 0.148. The molecule has 4 N–H and O–H groups in total. The molecule has 0 atom stereocenters. The summed E-state index contributed by atoms with van der Waals surface area (Å²) in [5, 5.41) is 10.9. The highest BCUT2D eigenvalue weighted by Crippen LogP contribution is 2.39. The third-order valence-corrected chi connectivity index (χ3v) is 6.85. The van der Waals surface area contributed by atoms with E-state index in [2.05, 4.69) is 21.0 Å². The molecule has 0 bridgehead atoms. The van der Waals surface area contributed by atoms with Gasteiger partial charge in [-0.3, -0.25) is 19.3 Å². The summed E-state index contributed by atoms with van der Waals surface area (Å²) in [5.74, 6) is -1.08. The van der Waals surface area contributed by atoms with Gasteiger partial charge in [-0.2, -0.15) is 0 Å². The number of unbranched alkanes of at least 4 members (excludes halogenated alkanes) is 1. The van der Waals surface area contributed by atoms with E-state index in [0.29, 0.717) is 41.9 Å². The molecule has 0 radical (unpaired) electrons. The molecule has 0 saturated carbocycles. The van der Waals surface area contributed by atoms with Crippen LogP contribution in [0.25, 0.3) is 6.08 Å². The van der Waals surface area contributed by atoms with Gasteiger partial charge in [0.1, 0.15) is 11.5 Å². The van der Waals surface area contributed by atoms with Crippen LogP contribution >= 0.6 is 11.8 Å². The molecular formula is C27H23FN6O5S. The van der Waals surface area contributed by atoms with Crippen LogP contribution < -0.4 is 16.4 Å². The predicted molar refractivity (Wildman–Crippen MR) is 152 cm³/mol. The van der Waals surface area contributed by atoms with Crippen LogP contribution in [0.2, 0.25) is 0 Å². The third-order valence-electron chi connectivity index (χ3n) is 5.95. The minimum Gasteiger partial charge on any atom is -0.395 e. The maximum absolute atomic E-state index is 13.1. The van der Waals surface area contributed by atoms with Gasteiger partial charge in [-0.25, -0.2) is 4.39 Å². The van der Waals surface area contributed by atoms with E-state index >= 15 is 0 Å². The molecule has 3 aromatic carbocycles. The van der Waals surface area contributed by atoms with Gasteiger partial charge in [0.15, 0.2) is 5.69 Å². The van der Waals surface area contributed by atoms with E-state index in [4.69, 9.17) is 5.73 Å². The number of carbonyl (C=O) groups is 3. The molecule has 1 fully saturated rings. The van der Waals surface area contributed by atoms with Gasteiger partial charge >= 0.3 is 0 Å². The number of hydrogen-bond acceptors (Lipinski definition) is 10. The topological polar surface area (TPSA) is 163 Å². The first-order valence-electron chi connectivity index (χ1n) is 12.1. The molecule has 3 aromatic rings. The van der Waals surface area contributed by atoms with Crippen molar-refractivity contribution >= 4 is 63.3 Å². The van der Waals surface area contributed by atoms with Crippen LogP contribution in [0.3, 0.4) is 0 Å². The highest BCUT2D eigenvalue weighted by Gasteiger charge is 2.34. The van der Waals surface area contributed by atoms with Crippen molar-refractivity contribution in [3.63, 3.8) is 0 Å². The SMILES string of the molecule is Nc1c(Nc2ccc(C(=O)NCCCCN3C(=O)S/C(=C\c4ccc(F)cc4)C3=O)cc2)ccc(N=O)c1N=O. The molecule has 11 nitrogen and oxygen atoms in total. The van der Waals surface area contributed by atoms with Crippen LogP contribution in [0.15, 0.2) is 75.9 Å². The Hall–Kier alpha value is -4.91. The summed E-state index contributed by atoms with van der Waals surface area (Å²) in [6, 6.07) is 14.9. The molecule has 4 rings (SSSR count). The van der Waals surface area contributed by atoms with Crippen molar-refractivity contribution in [2.75, 3.05) is 24.1 Å². The summed E-state index contributed by atoms with van der Waals surface area (Å²) in [4.78, 5) is 60.6. The molecule has 0 unspecified atom stereocenters. The number of thioether (sulfide) groups is 1. The minimum atomic E-state index is -0.395. The second-order valence-electron chi connectivity index (χ2n) is 8.63. The fourth-order valence-electron chi connectivity index (χ4n) is 3.84. The molecular weight excluding hydrogens is 539 g/mol. The van der Waals surface area contributed by atoms with Crippen molar-refractivity contribution in [3.05, 3.63) is 92.3 Å². The number of nitrogen functional groups attached to an aromatic ring is 1. The Kier molecular flexibility index (Phi) is 8.96. The van der Waals surface area contributed by atoms with Gasteiger partial charge in [0.25, 0.3) is 17.1 Å². The highest BCUT2D eigenvalue weighted by molar-refractivity contribution is 8.18. The summed E-state index contributed by atoms with van der Waals surface area (Å²) in [6.45, 7) is 0.561. The van der Waals surface area contributed by atoms with Crippen LogP contribution in [0, 0.1) is 15.6 Å². The van der Waals surface area contributed by atoms with E-state index in [0.717, 1.165) is 16.7 Å². The number of nitroso groups, excluding NO2 is 2. The number of nitrogens with one attached hydrogen (secondary N) is 2. The quantitative estimate of drug-likeness (QED) is 0.108. The lowest BCUT2D eigenvalue weighted by molar-refractivity contribution is -0.122.